The van der Waals surface area contributed by atoms with Gasteiger partial charge in [0.05, 0.1) is 0 Å². The van der Waals surface area contributed by atoms with Gasteiger partial charge in [0, 0.05) is 5.92 Å². The van der Waals surface area contributed by atoms with Crippen molar-refractivity contribution in [1.29, 1.82) is 0 Å². The number of carbonyl (C=O) groups excluding carboxylic acids is 1. The van der Waals surface area contributed by atoms with Crippen LogP contribution in [0.4, 0.5) is 0 Å². The summed E-state index contributed by atoms with van der Waals surface area (Å²) in [6, 6.07) is 6.97. The van der Waals surface area contributed by atoms with Crippen LogP contribution in [-0.4, -0.2) is 10.9 Å². The van der Waals surface area contributed by atoms with Crippen LogP contribution in [0, 0.1) is 5.92 Å². The molecule has 0 aliphatic carbocycles. The molecule has 0 bridgehead atoms. The fraction of sp³-hybridized carbons (Fsp3) is 0.462. The lowest BCUT2D eigenvalue weighted by Crippen LogP contribution is -2.09. The summed E-state index contributed by atoms with van der Waals surface area (Å²) in [5.74, 6) is 0.525. The number of phenolic OH excluding ortho intramolecular Hbond substituents is 1. The van der Waals surface area contributed by atoms with Crippen molar-refractivity contribution < 1.29 is 9.90 Å². The lowest BCUT2D eigenvalue weighted by molar-refractivity contribution is -0.120. The highest BCUT2D eigenvalue weighted by atomic mass is 16.3. The molecule has 0 spiro atoms. The van der Waals surface area contributed by atoms with Crippen LogP contribution < -0.4 is 0 Å². The highest BCUT2D eigenvalue weighted by molar-refractivity contribution is 5.78. The predicted octanol–water partition coefficient (Wildman–Crippen LogP) is 3.19. The van der Waals surface area contributed by atoms with Crippen LogP contribution in [0.5, 0.6) is 5.75 Å². The molecule has 0 amide bonds. The molecule has 0 aliphatic heterocycles. The summed E-state index contributed by atoms with van der Waals surface area (Å²) < 4.78 is 0. The highest BCUT2D eigenvalue weighted by Gasteiger charge is 2.07. The molecule has 0 saturated carbocycles. The summed E-state index contributed by atoms with van der Waals surface area (Å²) in [6.07, 6.45) is 0.746. The van der Waals surface area contributed by atoms with Crippen molar-refractivity contribution in [2.75, 3.05) is 0 Å². The summed E-state index contributed by atoms with van der Waals surface area (Å²) >= 11 is 0. The van der Waals surface area contributed by atoms with Gasteiger partial charge in [-0.1, -0.05) is 32.9 Å². The molecule has 0 radical (unpaired) electrons. The third-order valence-corrected chi connectivity index (χ3v) is 2.17. The van der Waals surface area contributed by atoms with Gasteiger partial charge in [-0.2, -0.15) is 0 Å². The van der Waals surface area contributed by atoms with E-state index >= 15 is 0 Å². The highest BCUT2D eigenvalue weighted by Crippen LogP contribution is 2.13. The molecule has 84 valence electrons. The minimum Gasteiger partial charge on any atom is -0.508 e. The first-order valence-electron chi connectivity index (χ1n) is 5.38. The third kappa shape index (κ3) is 5.21. The SMILES string of the molecule is CC.CC(=O)[C@@H](C)Cc1ccc(O)cc1. The van der Waals surface area contributed by atoms with E-state index in [-0.39, 0.29) is 17.5 Å². The van der Waals surface area contributed by atoms with E-state index in [9.17, 15) is 4.79 Å². The summed E-state index contributed by atoms with van der Waals surface area (Å²) in [4.78, 5) is 11.0. The number of hydrogen-bond donors (Lipinski definition) is 1. The molecule has 1 aromatic rings. The molecular formula is C13H20O2. The van der Waals surface area contributed by atoms with Gasteiger partial charge in [0.15, 0.2) is 0 Å². The van der Waals surface area contributed by atoms with E-state index in [4.69, 9.17) is 5.11 Å². The maximum Gasteiger partial charge on any atom is 0.132 e. The van der Waals surface area contributed by atoms with Crippen LogP contribution in [0.1, 0.15) is 33.3 Å². The quantitative estimate of drug-likeness (QED) is 0.828. The van der Waals surface area contributed by atoms with Gasteiger partial charge in [-0.05, 0) is 31.0 Å². The number of rotatable bonds is 3. The predicted molar refractivity (Wildman–Crippen MR) is 63.0 cm³/mol. The molecule has 1 N–H and O–H groups in total. The maximum atomic E-state index is 11.0. The molecule has 0 unspecified atom stereocenters. The number of benzene rings is 1. The van der Waals surface area contributed by atoms with Crippen molar-refractivity contribution >= 4 is 5.78 Å². The van der Waals surface area contributed by atoms with Crippen LogP contribution in [-0.2, 0) is 11.2 Å². The average molecular weight is 208 g/mol. The van der Waals surface area contributed by atoms with Crippen LogP contribution in [0.15, 0.2) is 24.3 Å². The average Bonchev–Trinajstić information content (AvgIpc) is 2.24. The zero-order valence-corrected chi connectivity index (χ0v) is 9.95. The van der Waals surface area contributed by atoms with Crippen molar-refractivity contribution in [3.63, 3.8) is 0 Å². The Bertz CT molecular complexity index is 288. The van der Waals surface area contributed by atoms with Gasteiger partial charge in [-0.3, -0.25) is 4.79 Å². The first-order chi connectivity index (χ1) is 7.09. The normalized spacial score (nSPS) is 11.2. The van der Waals surface area contributed by atoms with E-state index in [0.717, 1.165) is 12.0 Å². The molecule has 0 fully saturated rings. The Balaban J connectivity index is 0.000000921. The Labute approximate surface area is 91.9 Å². The summed E-state index contributed by atoms with van der Waals surface area (Å²) in [5, 5.41) is 9.03. The molecule has 1 aromatic carbocycles. The number of ketones is 1. The first-order valence-corrected chi connectivity index (χ1v) is 5.38. The number of aromatic hydroxyl groups is 1. The Hall–Kier alpha value is -1.31. The second kappa shape index (κ2) is 7.04. The number of Topliss-reactive ketones (excluding diaryl/α,β-unsaturated/α-hetero) is 1. The van der Waals surface area contributed by atoms with Crippen molar-refractivity contribution in [2.24, 2.45) is 5.92 Å². The molecule has 2 heteroatoms. The third-order valence-electron chi connectivity index (χ3n) is 2.17. The molecule has 0 saturated heterocycles. The monoisotopic (exact) mass is 208 g/mol. The van der Waals surface area contributed by atoms with E-state index in [0.29, 0.717) is 0 Å². The number of phenols is 1. The largest absolute Gasteiger partial charge is 0.508 e. The minimum atomic E-state index is 0.0598. The van der Waals surface area contributed by atoms with Crippen LogP contribution in [0.25, 0.3) is 0 Å². The van der Waals surface area contributed by atoms with Gasteiger partial charge < -0.3 is 5.11 Å². The van der Waals surface area contributed by atoms with E-state index in [1.807, 2.05) is 32.9 Å². The molecule has 1 rings (SSSR count). The van der Waals surface area contributed by atoms with Gasteiger partial charge in [-0.15, -0.1) is 0 Å². The summed E-state index contributed by atoms with van der Waals surface area (Å²) in [7, 11) is 0. The van der Waals surface area contributed by atoms with Gasteiger partial charge in [0.1, 0.15) is 11.5 Å². The number of hydrogen-bond acceptors (Lipinski definition) is 2. The minimum absolute atomic E-state index is 0.0598. The lowest BCUT2D eigenvalue weighted by atomic mass is 9.98. The van der Waals surface area contributed by atoms with Gasteiger partial charge in [0.25, 0.3) is 0 Å². The second-order valence-corrected chi connectivity index (χ2v) is 3.38. The molecular weight excluding hydrogens is 188 g/mol. The molecule has 1 atom stereocenters. The van der Waals surface area contributed by atoms with Crippen LogP contribution >= 0.6 is 0 Å². The van der Waals surface area contributed by atoms with Gasteiger partial charge in [-0.25, -0.2) is 0 Å². The Morgan fingerprint density at radius 1 is 1.27 bits per heavy atom. The van der Waals surface area contributed by atoms with E-state index in [1.165, 1.54) is 0 Å². The fourth-order valence-corrected chi connectivity index (χ4v) is 1.13. The fourth-order valence-electron chi connectivity index (χ4n) is 1.13. The zero-order chi connectivity index (χ0) is 11.8. The molecule has 0 aromatic heterocycles. The Morgan fingerprint density at radius 2 is 1.73 bits per heavy atom. The number of carbonyl (C=O) groups is 1. The van der Waals surface area contributed by atoms with Crippen LogP contribution in [0.3, 0.4) is 0 Å². The molecule has 2 nitrogen and oxygen atoms in total. The first kappa shape index (κ1) is 13.7. The van der Waals surface area contributed by atoms with Crippen molar-refractivity contribution in [1.82, 2.24) is 0 Å². The second-order valence-electron chi connectivity index (χ2n) is 3.38. The van der Waals surface area contributed by atoms with Gasteiger partial charge in [0.2, 0.25) is 0 Å². The topological polar surface area (TPSA) is 37.3 Å². The Kier molecular flexibility index (Phi) is 6.43. The van der Waals surface area contributed by atoms with Crippen molar-refractivity contribution in [2.45, 2.75) is 34.1 Å². The standard InChI is InChI=1S/C11H14O2.C2H6/c1-8(9(2)12)7-10-3-5-11(13)6-4-10;1-2/h3-6,8,13H,7H2,1-2H3;1-2H3/t8-;/m0./s1. The summed E-state index contributed by atoms with van der Waals surface area (Å²) in [5.41, 5.74) is 1.08. The molecule has 15 heavy (non-hydrogen) atoms. The van der Waals surface area contributed by atoms with Crippen LogP contribution in [0.2, 0.25) is 0 Å². The Morgan fingerprint density at radius 3 is 2.13 bits per heavy atom. The van der Waals surface area contributed by atoms with Crippen molar-refractivity contribution in [3.05, 3.63) is 29.8 Å². The van der Waals surface area contributed by atoms with E-state index in [2.05, 4.69) is 0 Å². The van der Waals surface area contributed by atoms with E-state index in [1.54, 1.807) is 19.1 Å². The smallest absolute Gasteiger partial charge is 0.132 e. The zero-order valence-electron chi connectivity index (χ0n) is 9.95. The summed E-state index contributed by atoms with van der Waals surface area (Å²) in [6.45, 7) is 7.51. The lowest BCUT2D eigenvalue weighted by Gasteiger charge is -2.06. The van der Waals surface area contributed by atoms with Crippen molar-refractivity contribution in [3.8, 4) is 5.75 Å². The van der Waals surface area contributed by atoms with Gasteiger partial charge >= 0.3 is 0 Å². The molecule has 0 aliphatic rings. The van der Waals surface area contributed by atoms with E-state index < -0.39 is 0 Å². The maximum absolute atomic E-state index is 11.0. The molecule has 0 heterocycles.